The lowest BCUT2D eigenvalue weighted by Crippen LogP contribution is -2.52. The fraction of sp³-hybridized carbons (Fsp3) is 0.310. The number of halogens is 5. The Kier molecular flexibility index (Phi) is 11.1. The quantitative estimate of drug-likeness (QED) is 0.245. The summed E-state index contributed by atoms with van der Waals surface area (Å²) in [5, 5.41) is 2.51. The fourth-order valence-electron chi connectivity index (χ4n) is 3.99. The maximum Gasteiger partial charge on any atom is 0.416 e. The number of nitrogens with one attached hydrogen (secondary N) is 1. The van der Waals surface area contributed by atoms with Crippen LogP contribution in [0.2, 0.25) is 5.02 Å². The topological polar surface area (TPSA) is 86.8 Å². The summed E-state index contributed by atoms with van der Waals surface area (Å²) in [7, 11) is -4.59. The minimum absolute atomic E-state index is 0.0804. The van der Waals surface area contributed by atoms with E-state index in [1.807, 2.05) is 6.92 Å². The van der Waals surface area contributed by atoms with E-state index < -0.39 is 51.9 Å². The van der Waals surface area contributed by atoms with Gasteiger partial charge in [-0.15, -0.1) is 0 Å². The van der Waals surface area contributed by atoms with Crippen molar-refractivity contribution in [1.29, 1.82) is 0 Å². The summed E-state index contributed by atoms with van der Waals surface area (Å²) in [6, 6.07) is 15.0. The molecule has 0 saturated heterocycles. The first kappa shape index (κ1) is 33.4. The molecule has 42 heavy (non-hydrogen) atoms. The Balaban J connectivity index is 2.12. The van der Waals surface area contributed by atoms with Crippen molar-refractivity contribution < 1.29 is 31.2 Å². The fourth-order valence-corrected chi connectivity index (χ4v) is 6.16. The number of carbonyl (C=O) groups excluding carboxylic acids is 2. The highest BCUT2D eigenvalue weighted by atomic mass is 79.9. The smallest absolute Gasteiger partial charge is 0.352 e. The first-order valence-corrected chi connectivity index (χ1v) is 15.5. The molecule has 2 amide bonds. The number of benzene rings is 3. The van der Waals surface area contributed by atoms with Gasteiger partial charge in [0.25, 0.3) is 10.0 Å². The Labute approximate surface area is 256 Å². The van der Waals surface area contributed by atoms with Crippen molar-refractivity contribution in [2.75, 3.05) is 10.8 Å². The molecular formula is C29H30BrClF3N3O4S. The van der Waals surface area contributed by atoms with Gasteiger partial charge in [-0.3, -0.25) is 13.9 Å². The maximum absolute atomic E-state index is 14.0. The number of alkyl halides is 3. The van der Waals surface area contributed by atoms with Gasteiger partial charge in [0.1, 0.15) is 12.6 Å². The zero-order chi connectivity index (χ0) is 31.2. The zero-order valence-electron chi connectivity index (χ0n) is 23.0. The lowest BCUT2D eigenvalue weighted by Gasteiger charge is -2.33. The van der Waals surface area contributed by atoms with Crippen LogP contribution in [0.3, 0.4) is 0 Å². The highest BCUT2D eigenvalue weighted by Crippen LogP contribution is 2.37. The SMILES string of the molecule is CC[C@H](C)NC(=O)[C@@H](C)N(Cc1cccc(Br)c1)C(=O)CN(c1cc(C(F)(F)F)ccc1Cl)S(=O)(=O)c1ccccc1. The Morgan fingerprint density at radius 2 is 1.67 bits per heavy atom. The predicted molar refractivity (Wildman–Crippen MR) is 159 cm³/mol. The highest BCUT2D eigenvalue weighted by molar-refractivity contribution is 9.10. The maximum atomic E-state index is 14.0. The third-order valence-corrected chi connectivity index (χ3v) is 9.15. The van der Waals surface area contributed by atoms with Gasteiger partial charge in [-0.1, -0.05) is 64.8 Å². The van der Waals surface area contributed by atoms with Crippen LogP contribution >= 0.6 is 27.5 Å². The van der Waals surface area contributed by atoms with Crippen molar-refractivity contribution in [2.24, 2.45) is 0 Å². The number of hydrogen-bond acceptors (Lipinski definition) is 4. The molecule has 0 aliphatic rings. The van der Waals surface area contributed by atoms with Crippen LogP contribution in [0.15, 0.2) is 82.2 Å². The van der Waals surface area contributed by atoms with Crippen LogP contribution in [-0.2, 0) is 32.3 Å². The summed E-state index contributed by atoms with van der Waals surface area (Å²) in [5.41, 5.74) is -1.03. The summed E-state index contributed by atoms with van der Waals surface area (Å²) < 4.78 is 69.8. The number of nitrogens with zero attached hydrogens (tertiary/aromatic N) is 2. The van der Waals surface area contributed by atoms with Crippen molar-refractivity contribution in [3.8, 4) is 0 Å². The van der Waals surface area contributed by atoms with Crippen LogP contribution in [0.5, 0.6) is 0 Å². The Morgan fingerprint density at radius 1 is 1.00 bits per heavy atom. The second-order valence-corrected chi connectivity index (χ2v) is 12.8. The van der Waals surface area contributed by atoms with Crippen LogP contribution < -0.4 is 9.62 Å². The van der Waals surface area contributed by atoms with Gasteiger partial charge in [-0.25, -0.2) is 8.42 Å². The van der Waals surface area contributed by atoms with Crippen LogP contribution in [-0.4, -0.2) is 43.8 Å². The average molecular weight is 689 g/mol. The van der Waals surface area contributed by atoms with Gasteiger partial charge < -0.3 is 10.2 Å². The predicted octanol–water partition coefficient (Wildman–Crippen LogP) is 6.65. The summed E-state index contributed by atoms with van der Waals surface area (Å²) >= 11 is 9.64. The molecule has 2 atom stereocenters. The van der Waals surface area contributed by atoms with E-state index in [9.17, 15) is 31.2 Å². The van der Waals surface area contributed by atoms with Crippen LogP contribution in [0, 0.1) is 0 Å². The molecule has 0 bridgehead atoms. The highest BCUT2D eigenvalue weighted by Gasteiger charge is 2.36. The molecule has 0 aromatic heterocycles. The van der Waals surface area contributed by atoms with Crippen molar-refractivity contribution in [1.82, 2.24) is 10.2 Å². The van der Waals surface area contributed by atoms with E-state index in [0.717, 1.165) is 12.1 Å². The molecule has 7 nitrogen and oxygen atoms in total. The standard InChI is InChI=1S/C29H30BrClF3N3O4S/c1-4-19(2)35-28(39)20(3)36(17-21-9-8-10-23(30)15-21)27(38)18-37(42(40,41)24-11-6-5-7-12-24)26-16-22(29(32,33)34)13-14-25(26)31/h5-16,19-20H,4,17-18H2,1-3H3,(H,35,39)/t19-,20+/m0/s1. The monoisotopic (exact) mass is 687 g/mol. The van der Waals surface area contributed by atoms with Crippen molar-refractivity contribution >= 4 is 55.1 Å². The second kappa shape index (κ2) is 13.9. The molecule has 3 aromatic carbocycles. The normalized spacial score (nSPS) is 13.2. The van der Waals surface area contributed by atoms with E-state index in [0.29, 0.717) is 26.8 Å². The second-order valence-electron chi connectivity index (χ2n) is 9.63. The largest absolute Gasteiger partial charge is 0.416 e. The first-order valence-electron chi connectivity index (χ1n) is 12.9. The van der Waals surface area contributed by atoms with Gasteiger partial charge in [-0.05, 0) is 68.3 Å². The third kappa shape index (κ3) is 8.26. The molecule has 0 fully saturated rings. The molecular weight excluding hydrogens is 659 g/mol. The van der Waals surface area contributed by atoms with Crippen LogP contribution in [0.4, 0.5) is 18.9 Å². The van der Waals surface area contributed by atoms with Gasteiger partial charge in [0.2, 0.25) is 11.8 Å². The van der Waals surface area contributed by atoms with Gasteiger partial charge >= 0.3 is 6.18 Å². The molecule has 0 aliphatic carbocycles. The molecule has 0 aliphatic heterocycles. The van der Waals surface area contributed by atoms with E-state index in [-0.39, 0.29) is 22.5 Å². The van der Waals surface area contributed by atoms with Gasteiger partial charge in [0.05, 0.1) is 21.2 Å². The van der Waals surface area contributed by atoms with E-state index in [2.05, 4.69) is 21.2 Å². The van der Waals surface area contributed by atoms with Crippen molar-refractivity contribution in [3.05, 3.63) is 93.4 Å². The molecule has 0 heterocycles. The zero-order valence-corrected chi connectivity index (χ0v) is 26.2. The minimum Gasteiger partial charge on any atom is -0.352 e. The summed E-state index contributed by atoms with van der Waals surface area (Å²) in [4.78, 5) is 28.0. The summed E-state index contributed by atoms with van der Waals surface area (Å²) in [6.45, 7) is 4.18. The molecule has 0 saturated carbocycles. The Hall–Kier alpha value is -3.09. The number of rotatable bonds is 11. The first-order chi connectivity index (χ1) is 19.6. The van der Waals surface area contributed by atoms with E-state index in [1.54, 1.807) is 37.3 Å². The Bertz CT molecular complexity index is 1520. The summed E-state index contributed by atoms with van der Waals surface area (Å²) in [5.74, 6) is -1.29. The van der Waals surface area contributed by atoms with E-state index in [4.69, 9.17) is 11.6 Å². The molecule has 0 radical (unpaired) electrons. The number of sulfonamides is 1. The number of amides is 2. The molecule has 3 aromatic rings. The van der Waals surface area contributed by atoms with Crippen molar-refractivity contribution in [3.63, 3.8) is 0 Å². The van der Waals surface area contributed by atoms with Gasteiger partial charge in [0.15, 0.2) is 0 Å². The lowest BCUT2D eigenvalue weighted by atomic mass is 10.1. The number of hydrogen-bond donors (Lipinski definition) is 1. The lowest BCUT2D eigenvalue weighted by molar-refractivity contribution is -0.139. The minimum atomic E-state index is -4.80. The number of carbonyl (C=O) groups is 2. The Morgan fingerprint density at radius 3 is 2.26 bits per heavy atom. The van der Waals surface area contributed by atoms with Crippen LogP contribution in [0.25, 0.3) is 0 Å². The number of anilines is 1. The molecule has 0 spiro atoms. The molecule has 226 valence electrons. The third-order valence-electron chi connectivity index (χ3n) is 6.56. The van der Waals surface area contributed by atoms with E-state index in [1.165, 1.54) is 36.1 Å². The van der Waals surface area contributed by atoms with Crippen LogP contribution in [0.1, 0.15) is 38.3 Å². The van der Waals surface area contributed by atoms with Gasteiger partial charge in [-0.2, -0.15) is 13.2 Å². The van der Waals surface area contributed by atoms with E-state index >= 15 is 0 Å². The summed E-state index contributed by atoms with van der Waals surface area (Å²) in [6.07, 6.45) is -4.17. The van der Waals surface area contributed by atoms with Gasteiger partial charge in [0, 0.05) is 17.1 Å². The molecule has 3 rings (SSSR count). The molecule has 13 heteroatoms. The average Bonchev–Trinajstić information content (AvgIpc) is 2.94. The van der Waals surface area contributed by atoms with Crippen molar-refractivity contribution in [2.45, 2.75) is 56.9 Å². The molecule has 1 N–H and O–H groups in total. The molecule has 0 unspecified atom stereocenters.